The third-order valence-corrected chi connectivity index (χ3v) is 14.4. The quantitative estimate of drug-likeness (QED) is 0.254. The molecule has 1 aromatic carbocycles. The van der Waals surface area contributed by atoms with Crippen LogP contribution in [-0.2, 0) is 40.4 Å². The Bertz CT molecular complexity index is 2090. The smallest absolute Gasteiger partial charge is 0.307 e. The highest BCUT2D eigenvalue weighted by Crippen LogP contribution is 2.49. The van der Waals surface area contributed by atoms with Crippen molar-refractivity contribution < 1.29 is 46.9 Å². The molecule has 5 aliphatic rings. The van der Waals surface area contributed by atoms with Crippen molar-refractivity contribution in [1.82, 2.24) is 19.9 Å². The molecule has 7 rings (SSSR count). The molecule has 310 valence electrons. The average Bonchev–Trinajstić information content (AvgIpc) is 4.03. The molecule has 14 nitrogen and oxygen atoms in total. The Kier molecular flexibility index (Phi) is 10.9. The van der Waals surface area contributed by atoms with E-state index in [9.17, 15) is 32.7 Å². The van der Waals surface area contributed by atoms with Crippen LogP contribution in [0.5, 0.6) is 11.5 Å². The van der Waals surface area contributed by atoms with Crippen molar-refractivity contribution in [1.29, 1.82) is 0 Å². The van der Waals surface area contributed by atoms with Gasteiger partial charge in [-0.2, -0.15) is 0 Å². The fourth-order valence-electron chi connectivity index (χ4n) is 8.64. The minimum atomic E-state index is -3.99. The van der Waals surface area contributed by atoms with Crippen LogP contribution in [0.25, 0.3) is 10.9 Å². The van der Waals surface area contributed by atoms with E-state index in [1.54, 1.807) is 33.8 Å². The monoisotopic (exact) mass is 808 g/mol. The number of nitrogens with zero attached hydrogens (tertiary/aromatic N) is 2. The summed E-state index contributed by atoms with van der Waals surface area (Å²) < 4.78 is 46.0. The molecule has 1 saturated heterocycles. The number of pyridine rings is 1. The number of aliphatic hydroxyl groups excluding tert-OH is 1. The lowest BCUT2D eigenvalue weighted by atomic mass is 9.87. The predicted molar refractivity (Wildman–Crippen MR) is 211 cm³/mol. The van der Waals surface area contributed by atoms with Gasteiger partial charge in [-0.1, -0.05) is 25.0 Å². The van der Waals surface area contributed by atoms with Crippen molar-refractivity contribution in [3.05, 3.63) is 41.6 Å². The Morgan fingerprint density at radius 3 is 2.61 bits per heavy atom. The van der Waals surface area contributed by atoms with Crippen LogP contribution in [0.4, 0.5) is 0 Å². The molecule has 2 aliphatic carbocycles. The highest BCUT2D eigenvalue weighted by Gasteiger charge is 2.64. The van der Waals surface area contributed by atoms with Gasteiger partial charge in [0.2, 0.25) is 21.8 Å². The molecule has 3 N–H and O–H groups in total. The lowest BCUT2D eigenvalue weighted by Crippen LogP contribution is -2.57. The zero-order valence-electron chi connectivity index (χ0n) is 33.6. The Hall–Kier alpha value is -4.24. The van der Waals surface area contributed by atoms with Gasteiger partial charge in [-0.15, -0.1) is 0 Å². The van der Waals surface area contributed by atoms with Crippen LogP contribution >= 0.6 is 0 Å². The van der Waals surface area contributed by atoms with Gasteiger partial charge in [-0.25, -0.2) is 13.4 Å². The van der Waals surface area contributed by atoms with Gasteiger partial charge in [-0.05, 0) is 104 Å². The second kappa shape index (κ2) is 15.2. The molecule has 0 bridgehead atoms. The molecule has 2 saturated carbocycles. The number of aliphatic hydroxyl groups is 1. The number of esters is 1. The van der Waals surface area contributed by atoms with Gasteiger partial charge in [0.1, 0.15) is 40.9 Å². The zero-order chi connectivity index (χ0) is 41.0. The van der Waals surface area contributed by atoms with Crippen molar-refractivity contribution in [3.8, 4) is 11.5 Å². The Morgan fingerprint density at radius 1 is 1.12 bits per heavy atom. The van der Waals surface area contributed by atoms with Crippen LogP contribution in [0.2, 0.25) is 0 Å². The Balaban J connectivity index is 1.23. The van der Waals surface area contributed by atoms with Gasteiger partial charge in [0.15, 0.2) is 0 Å². The normalized spacial score (nSPS) is 29.1. The maximum atomic E-state index is 14.8. The Labute approximate surface area is 334 Å². The molecule has 3 fully saturated rings. The van der Waals surface area contributed by atoms with Crippen LogP contribution < -0.4 is 19.5 Å². The number of rotatable bonds is 8. The molecule has 1 spiro atoms. The first-order chi connectivity index (χ1) is 26.9. The van der Waals surface area contributed by atoms with E-state index in [0.717, 1.165) is 29.3 Å². The predicted octanol–water partition coefficient (Wildman–Crippen LogP) is 4.32. The summed E-state index contributed by atoms with van der Waals surface area (Å²) in [5.41, 5.74) is -0.930. The molecule has 57 heavy (non-hydrogen) atoms. The molecule has 3 amide bonds. The van der Waals surface area contributed by atoms with E-state index < -0.39 is 67.2 Å². The minimum Gasteiger partial charge on any atom is -0.491 e. The first kappa shape index (κ1) is 40.9. The molecule has 0 unspecified atom stereocenters. The summed E-state index contributed by atoms with van der Waals surface area (Å²) in [6, 6.07) is 4.47. The SMILES string of the molecule is Cc1nc2ccc(OCCO)cc2c2c1O[C@]1(CC2)C[C@H]2C(=O)N[C@]3(C(=O)NS(=O)(=O)C4(C)CC4)C[C@H]3/C=C\CCCCC[C@H](CC(=O)OC(C)(C)C)C(=O)N2C1. The number of sulfonamides is 1. The number of benzene rings is 1. The number of ether oxygens (including phenoxy) is 3. The molecular weight excluding hydrogens is 753 g/mol. The molecule has 2 aromatic rings. The number of aromatic nitrogens is 1. The number of allylic oxidation sites excluding steroid dienone is 1. The number of carbonyl (C=O) groups excluding carboxylic acids is 4. The Morgan fingerprint density at radius 2 is 1.89 bits per heavy atom. The minimum absolute atomic E-state index is 0.0561. The summed E-state index contributed by atoms with van der Waals surface area (Å²) in [7, 11) is -3.99. The van der Waals surface area contributed by atoms with E-state index >= 15 is 0 Å². The molecular formula is C42H56N4O10S. The highest BCUT2D eigenvalue weighted by atomic mass is 32.2. The fraction of sp³-hybridized carbons (Fsp3) is 0.643. The summed E-state index contributed by atoms with van der Waals surface area (Å²) in [4.78, 5) is 63.1. The van der Waals surface area contributed by atoms with Gasteiger partial charge >= 0.3 is 5.97 Å². The number of aryl methyl sites for hydroxylation is 2. The van der Waals surface area contributed by atoms with Crippen LogP contribution in [0.1, 0.15) is 110 Å². The number of carbonyl (C=O) groups is 4. The molecule has 0 radical (unpaired) electrons. The average molecular weight is 809 g/mol. The van der Waals surface area contributed by atoms with Crippen LogP contribution in [-0.4, -0.2) is 94.4 Å². The van der Waals surface area contributed by atoms with E-state index in [-0.39, 0.29) is 44.9 Å². The van der Waals surface area contributed by atoms with E-state index in [4.69, 9.17) is 19.2 Å². The maximum absolute atomic E-state index is 14.8. The fourth-order valence-corrected chi connectivity index (χ4v) is 9.95. The molecule has 3 aliphatic heterocycles. The summed E-state index contributed by atoms with van der Waals surface area (Å²) >= 11 is 0. The lowest BCUT2D eigenvalue weighted by molar-refractivity contribution is -0.159. The van der Waals surface area contributed by atoms with Crippen molar-refractivity contribution in [2.45, 2.75) is 139 Å². The van der Waals surface area contributed by atoms with E-state index in [2.05, 4.69) is 10.0 Å². The van der Waals surface area contributed by atoms with E-state index in [1.807, 2.05) is 31.2 Å². The molecule has 1 aromatic heterocycles. The number of fused-ring (bicyclic) bond motifs is 5. The summed E-state index contributed by atoms with van der Waals surface area (Å²) in [6.07, 6.45) is 9.33. The number of hydrogen-bond donors (Lipinski definition) is 3. The third kappa shape index (κ3) is 8.37. The van der Waals surface area contributed by atoms with Gasteiger partial charge < -0.3 is 29.5 Å². The van der Waals surface area contributed by atoms with E-state index in [1.165, 1.54) is 4.90 Å². The standard InChI is InChI=1S/C42H56N4O10S/c1-26-35-30(31-22-29(54-20-19-47)13-14-32(31)43-26)15-16-41(56-35)24-33-36(49)44-42(38(51)45-57(52,53)40(5)17-18-40)23-28(42)12-10-8-6-7-9-11-27(37(50)46(33)25-41)21-34(48)55-39(2,3)4/h10,12-14,22,27-28,33,47H,6-9,11,15-21,23-25H2,1-5H3,(H,44,49)(H,45,51)/b12-10-/t27-,28-,33+,41-,42-/m1/s1. The highest BCUT2D eigenvalue weighted by molar-refractivity contribution is 7.91. The number of nitrogens with one attached hydrogen (secondary N) is 2. The maximum Gasteiger partial charge on any atom is 0.307 e. The third-order valence-electron chi connectivity index (χ3n) is 12.2. The van der Waals surface area contributed by atoms with E-state index in [0.29, 0.717) is 62.1 Å². The van der Waals surface area contributed by atoms with Gasteiger partial charge in [0.05, 0.1) is 35.5 Å². The van der Waals surface area contributed by atoms with Gasteiger partial charge in [0.25, 0.3) is 5.91 Å². The van der Waals surface area contributed by atoms with Gasteiger partial charge in [0, 0.05) is 29.2 Å². The number of hydrogen-bond acceptors (Lipinski definition) is 11. The molecule has 15 heteroatoms. The van der Waals surface area contributed by atoms with Crippen molar-refractivity contribution in [2.75, 3.05) is 19.8 Å². The second-order valence-corrected chi connectivity index (χ2v) is 20.1. The largest absolute Gasteiger partial charge is 0.491 e. The lowest BCUT2D eigenvalue weighted by Gasteiger charge is -2.36. The second-order valence-electron chi connectivity index (χ2n) is 17.9. The summed E-state index contributed by atoms with van der Waals surface area (Å²) in [5.74, 6) is -2.28. The first-order valence-electron chi connectivity index (χ1n) is 20.3. The van der Waals surface area contributed by atoms with Gasteiger partial charge in [-0.3, -0.25) is 23.9 Å². The number of amides is 3. The summed E-state index contributed by atoms with van der Waals surface area (Å²) in [5, 5.41) is 13.1. The first-order valence-corrected chi connectivity index (χ1v) is 21.8. The molecule has 4 heterocycles. The van der Waals surface area contributed by atoms with Crippen LogP contribution in [0.3, 0.4) is 0 Å². The molecule has 5 atom stereocenters. The van der Waals surface area contributed by atoms with Crippen molar-refractivity contribution >= 4 is 44.6 Å². The zero-order valence-corrected chi connectivity index (χ0v) is 34.5. The van der Waals surface area contributed by atoms with Crippen molar-refractivity contribution in [3.63, 3.8) is 0 Å². The van der Waals surface area contributed by atoms with Crippen LogP contribution in [0.15, 0.2) is 30.4 Å². The topological polar surface area (TPSA) is 191 Å². The summed E-state index contributed by atoms with van der Waals surface area (Å²) in [6.45, 7) is 8.85. The van der Waals surface area contributed by atoms with Crippen LogP contribution in [0, 0.1) is 18.8 Å². The van der Waals surface area contributed by atoms with Crippen molar-refractivity contribution in [2.24, 2.45) is 11.8 Å².